The summed E-state index contributed by atoms with van der Waals surface area (Å²) >= 11 is 6.14. The van der Waals surface area contributed by atoms with Crippen molar-refractivity contribution in [3.8, 4) is 11.5 Å². The highest BCUT2D eigenvalue weighted by atomic mass is 35.5. The molecule has 0 spiro atoms. The largest absolute Gasteiger partial charge is 0.495 e. The predicted octanol–water partition coefficient (Wildman–Crippen LogP) is 4.75. The van der Waals surface area contributed by atoms with Crippen molar-refractivity contribution in [3.05, 3.63) is 83.4 Å². The van der Waals surface area contributed by atoms with Gasteiger partial charge in [0.2, 0.25) is 0 Å². The van der Waals surface area contributed by atoms with E-state index in [-0.39, 0.29) is 28.0 Å². The third kappa shape index (κ3) is 4.08. The minimum Gasteiger partial charge on any atom is -0.495 e. The quantitative estimate of drug-likeness (QED) is 0.556. The van der Waals surface area contributed by atoms with Gasteiger partial charge in [0.05, 0.1) is 31.5 Å². The van der Waals surface area contributed by atoms with Gasteiger partial charge in [0.15, 0.2) is 0 Å². The summed E-state index contributed by atoms with van der Waals surface area (Å²) in [7, 11) is -1.14. The van der Waals surface area contributed by atoms with Crippen LogP contribution in [0.2, 0.25) is 5.02 Å². The molecule has 0 saturated carbocycles. The van der Waals surface area contributed by atoms with E-state index in [9.17, 15) is 8.42 Å². The van der Waals surface area contributed by atoms with Crippen LogP contribution in [-0.2, 0) is 16.6 Å². The molecule has 0 fully saturated rings. The van der Waals surface area contributed by atoms with Gasteiger partial charge in [0.1, 0.15) is 16.4 Å². The third-order valence-electron chi connectivity index (χ3n) is 4.22. The Morgan fingerprint density at radius 2 is 1.43 bits per heavy atom. The van der Waals surface area contributed by atoms with Crippen molar-refractivity contribution in [2.75, 3.05) is 18.5 Å². The van der Waals surface area contributed by atoms with Gasteiger partial charge in [0, 0.05) is 12.1 Å². The van der Waals surface area contributed by atoms with Gasteiger partial charge in [-0.15, -0.1) is 0 Å². The molecule has 3 rings (SSSR count). The molecule has 0 radical (unpaired) electrons. The van der Waals surface area contributed by atoms with Crippen molar-refractivity contribution < 1.29 is 17.9 Å². The number of halogens is 1. The molecule has 0 heterocycles. The average molecular weight is 418 g/mol. The zero-order chi connectivity index (χ0) is 20.1. The van der Waals surface area contributed by atoms with Gasteiger partial charge < -0.3 is 9.47 Å². The molecule has 0 saturated heterocycles. The Kier molecular flexibility index (Phi) is 6.11. The van der Waals surface area contributed by atoms with Gasteiger partial charge in [-0.25, -0.2) is 8.42 Å². The fraction of sp³-hybridized carbons (Fsp3) is 0.143. The van der Waals surface area contributed by atoms with Crippen molar-refractivity contribution >= 4 is 27.3 Å². The van der Waals surface area contributed by atoms with E-state index in [2.05, 4.69) is 0 Å². The van der Waals surface area contributed by atoms with E-state index in [0.29, 0.717) is 5.69 Å². The van der Waals surface area contributed by atoms with Crippen LogP contribution >= 0.6 is 11.6 Å². The smallest absolute Gasteiger partial charge is 0.268 e. The molecule has 0 aliphatic carbocycles. The topological polar surface area (TPSA) is 55.8 Å². The molecule has 28 heavy (non-hydrogen) atoms. The molecule has 0 N–H and O–H groups in total. The van der Waals surface area contributed by atoms with Crippen LogP contribution in [0.4, 0.5) is 5.69 Å². The number of rotatable bonds is 7. The number of hydrogen-bond donors (Lipinski definition) is 0. The zero-order valence-electron chi connectivity index (χ0n) is 15.5. The van der Waals surface area contributed by atoms with E-state index in [1.807, 2.05) is 36.4 Å². The van der Waals surface area contributed by atoms with Crippen molar-refractivity contribution in [1.29, 1.82) is 0 Å². The lowest BCUT2D eigenvalue weighted by Gasteiger charge is -2.26. The molecule has 0 unspecified atom stereocenters. The molecule has 0 atom stereocenters. The molecule has 0 aromatic heterocycles. The van der Waals surface area contributed by atoms with Crippen molar-refractivity contribution in [2.24, 2.45) is 0 Å². The SMILES string of the molecule is COc1cc(S(=O)(=O)N(Cc2ccccc2)c2ccccc2)c(OC)cc1Cl. The number of ether oxygens (including phenoxy) is 2. The number of methoxy groups -OCH3 is 2. The highest BCUT2D eigenvalue weighted by Crippen LogP contribution is 2.38. The fourth-order valence-electron chi connectivity index (χ4n) is 2.81. The molecule has 0 amide bonds. The molecule has 0 aliphatic heterocycles. The van der Waals surface area contributed by atoms with Crippen LogP contribution in [0.5, 0.6) is 11.5 Å². The minimum atomic E-state index is -3.97. The van der Waals surface area contributed by atoms with Crippen molar-refractivity contribution in [1.82, 2.24) is 0 Å². The fourth-order valence-corrected chi connectivity index (χ4v) is 4.65. The zero-order valence-corrected chi connectivity index (χ0v) is 17.1. The van der Waals surface area contributed by atoms with E-state index in [1.54, 1.807) is 24.3 Å². The lowest BCUT2D eigenvalue weighted by Crippen LogP contribution is -2.31. The van der Waals surface area contributed by atoms with Crippen LogP contribution in [0.15, 0.2) is 77.7 Å². The monoisotopic (exact) mass is 417 g/mol. The maximum atomic E-state index is 13.6. The average Bonchev–Trinajstić information content (AvgIpc) is 2.72. The summed E-state index contributed by atoms with van der Waals surface area (Å²) in [5, 5.41) is 0.271. The highest BCUT2D eigenvalue weighted by molar-refractivity contribution is 7.93. The normalized spacial score (nSPS) is 11.1. The number of anilines is 1. The highest BCUT2D eigenvalue weighted by Gasteiger charge is 2.30. The Labute approximate surface area is 170 Å². The van der Waals surface area contributed by atoms with Crippen LogP contribution in [0, 0.1) is 0 Å². The first kappa shape index (κ1) is 20.0. The first-order chi connectivity index (χ1) is 13.5. The van der Waals surface area contributed by atoms with Gasteiger partial charge >= 0.3 is 0 Å². The van der Waals surface area contributed by atoms with Gasteiger partial charge in [-0.1, -0.05) is 60.1 Å². The number of nitrogens with zero attached hydrogens (tertiary/aromatic N) is 1. The molecule has 146 valence electrons. The van der Waals surface area contributed by atoms with Crippen molar-refractivity contribution in [2.45, 2.75) is 11.4 Å². The second kappa shape index (κ2) is 8.54. The van der Waals surface area contributed by atoms with Gasteiger partial charge in [-0.05, 0) is 17.7 Å². The summed E-state index contributed by atoms with van der Waals surface area (Å²) in [6.45, 7) is 0.168. The Hall–Kier alpha value is -2.70. The molecule has 7 heteroatoms. The molecule has 3 aromatic rings. The van der Waals surface area contributed by atoms with Crippen LogP contribution in [-0.4, -0.2) is 22.6 Å². The second-order valence-corrected chi connectivity index (χ2v) is 8.21. The summed E-state index contributed by atoms with van der Waals surface area (Å²) in [6.07, 6.45) is 0. The summed E-state index contributed by atoms with van der Waals surface area (Å²) < 4.78 is 39.1. The number of benzene rings is 3. The lowest BCUT2D eigenvalue weighted by atomic mass is 10.2. The third-order valence-corrected chi connectivity index (χ3v) is 6.31. The first-order valence-electron chi connectivity index (χ1n) is 8.50. The molecule has 3 aromatic carbocycles. The molecule has 0 aliphatic rings. The molecular weight excluding hydrogens is 398 g/mol. The van der Waals surface area contributed by atoms with E-state index in [4.69, 9.17) is 21.1 Å². The Bertz CT molecular complexity index is 1040. The lowest BCUT2D eigenvalue weighted by molar-refractivity contribution is 0.392. The predicted molar refractivity (Wildman–Crippen MR) is 111 cm³/mol. The van der Waals surface area contributed by atoms with Crippen LogP contribution in [0.1, 0.15) is 5.56 Å². The standard InChI is InChI=1S/C21H20ClNO4S/c1-26-19-14-21(20(27-2)13-18(19)22)28(24,25)23(17-11-7-4-8-12-17)15-16-9-5-3-6-10-16/h3-14H,15H2,1-2H3. The van der Waals surface area contributed by atoms with Gasteiger partial charge in [-0.2, -0.15) is 0 Å². The maximum Gasteiger partial charge on any atom is 0.268 e. The Balaban J connectivity index is 2.16. The van der Waals surface area contributed by atoms with Gasteiger partial charge in [-0.3, -0.25) is 4.31 Å². The van der Waals surface area contributed by atoms with Gasteiger partial charge in [0.25, 0.3) is 10.0 Å². The molecule has 0 bridgehead atoms. The van der Waals surface area contributed by atoms with Crippen LogP contribution < -0.4 is 13.8 Å². The number of para-hydroxylation sites is 1. The van der Waals surface area contributed by atoms with E-state index in [0.717, 1.165) is 5.56 Å². The first-order valence-corrected chi connectivity index (χ1v) is 10.3. The summed E-state index contributed by atoms with van der Waals surface area (Å²) in [4.78, 5) is -0.0176. The summed E-state index contributed by atoms with van der Waals surface area (Å²) in [5.74, 6) is 0.411. The summed E-state index contributed by atoms with van der Waals surface area (Å²) in [5.41, 5.74) is 1.40. The van der Waals surface area contributed by atoms with Crippen LogP contribution in [0.25, 0.3) is 0 Å². The van der Waals surface area contributed by atoms with E-state index in [1.165, 1.54) is 30.7 Å². The molecular formula is C21H20ClNO4S. The minimum absolute atomic E-state index is 0.0176. The Morgan fingerprint density at radius 1 is 0.857 bits per heavy atom. The van der Waals surface area contributed by atoms with Crippen molar-refractivity contribution in [3.63, 3.8) is 0 Å². The number of sulfonamides is 1. The van der Waals surface area contributed by atoms with E-state index < -0.39 is 10.0 Å². The van der Waals surface area contributed by atoms with Crippen LogP contribution in [0.3, 0.4) is 0 Å². The number of hydrogen-bond acceptors (Lipinski definition) is 4. The second-order valence-electron chi connectivity index (χ2n) is 5.97. The maximum absolute atomic E-state index is 13.6. The summed E-state index contributed by atoms with van der Waals surface area (Å²) in [6, 6.07) is 21.1. The Morgan fingerprint density at radius 3 is 2.00 bits per heavy atom. The molecule has 5 nitrogen and oxygen atoms in total. The van der Waals surface area contributed by atoms with E-state index >= 15 is 0 Å².